The molecule has 1 unspecified atom stereocenters. The van der Waals surface area contributed by atoms with E-state index in [0.717, 1.165) is 31.4 Å². The first-order valence-electron chi connectivity index (χ1n) is 9.66. The second-order valence-electron chi connectivity index (χ2n) is 7.80. The number of amides is 1. The van der Waals surface area contributed by atoms with Crippen LogP contribution in [0.5, 0.6) is 0 Å². The number of aromatic nitrogens is 4. The normalized spacial score (nSPS) is 22.4. The molecule has 3 aromatic rings. The van der Waals surface area contributed by atoms with Crippen molar-refractivity contribution in [2.75, 3.05) is 13.1 Å². The summed E-state index contributed by atoms with van der Waals surface area (Å²) in [4.78, 5) is 27.9. The number of rotatable bonds is 5. The standard InChI is InChI=1S/C20H21N5O2S/c26-18(16-11-28-13-22-16)25-8-2-6-20(12-25,9-14-4-5-14)19-23-17(27-24-19)15-3-1-7-21-10-15/h1,3,7,10-11,13-14H,2,4-6,8-9,12H2. The minimum Gasteiger partial charge on any atom is -0.336 e. The van der Waals surface area contributed by atoms with Crippen molar-refractivity contribution in [2.24, 2.45) is 5.92 Å². The summed E-state index contributed by atoms with van der Waals surface area (Å²) < 4.78 is 5.58. The van der Waals surface area contributed by atoms with E-state index in [-0.39, 0.29) is 11.3 Å². The van der Waals surface area contributed by atoms with Crippen LogP contribution in [0.1, 0.15) is 48.4 Å². The van der Waals surface area contributed by atoms with Crippen molar-refractivity contribution in [3.05, 3.63) is 46.9 Å². The van der Waals surface area contributed by atoms with Crippen LogP contribution >= 0.6 is 11.3 Å². The van der Waals surface area contributed by atoms with Crippen molar-refractivity contribution < 1.29 is 9.32 Å². The fraction of sp³-hybridized carbons (Fsp3) is 0.450. The largest absolute Gasteiger partial charge is 0.336 e. The smallest absolute Gasteiger partial charge is 0.273 e. The predicted octanol–water partition coefficient (Wildman–Crippen LogP) is 3.56. The summed E-state index contributed by atoms with van der Waals surface area (Å²) in [6, 6.07) is 3.77. The van der Waals surface area contributed by atoms with E-state index in [1.807, 2.05) is 22.4 Å². The topological polar surface area (TPSA) is 85.0 Å². The Bertz CT molecular complexity index is 954. The highest BCUT2D eigenvalue weighted by Crippen LogP contribution is 2.46. The molecule has 1 aliphatic heterocycles. The molecule has 144 valence electrons. The fourth-order valence-electron chi connectivity index (χ4n) is 4.15. The maximum absolute atomic E-state index is 12.9. The molecule has 7 nitrogen and oxygen atoms in total. The quantitative estimate of drug-likeness (QED) is 0.657. The summed E-state index contributed by atoms with van der Waals surface area (Å²) in [7, 11) is 0. The van der Waals surface area contributed by atoms with E-state index >= 15 is 0 Å². The maximum atomic E-state index is 12.9. The Morgan fingerprint density at radius 2 is 2.32 bits per heavy atom. The molecule has 5 rings (SSSR count). The molecule has 1 amide bonds. The van der Waals surface area contributed by atoms with Crippen molar-refractivity contribution in [3.8, 4) is 11.5 Å². The van der Waals surface area contributed by atoms with E-state index in [2.05, 4.69) is 15.1 Å². The molecule has 4 heterocycles. The molecule has 2 aliphatic rings. The summed E-state index contributed by atoms with van der Waals surface area (Å²) in [5.41, 5.74) is 2.79. The Morgan fingerprint density at radius 1 is 1.39 bits per heavy atom. The van der Waals surface area contributed by atoms with Gasteiger partial charge in [-0.2, -0.15) is 4.98 Å². The van der Waals surface area contributed by atoms with Gasteiger partial charge in [0.15, 0.2) is 5.82 Å². The van der Waals surface area contributed by atoms with Crippen LogP contribution in [0.25, 0.3) is 11.5 Å². The lowest BCUT2D eigenvalue weighted by Gasteiger charge is -2.41. The van der Waals surface area contributed by atoms with Gasteiger partial charge in [0, 0.05) is 30.9 Å². The summed E-state index contributed by atoms with van der Waals surface area (Å²) in [6.45, 7) is 1.36. The van der Waals surface area contributed by atoms with Crippen molar-refractivity contribution >= 4 is 17.2 Å². The second-order valence-corrected chi connectivity index (χ2v) is 8.52. The average Bonchev–Trinajstić information content (AvgIpc) is 3.20. The monoisotopic (exact) mass is 395 g/mol. The highest BCUT2D eigenvalue weighted by molar-refractivity contribution is 7.07. The van der Waals surface area contributed by atoms with Crippen LogP contribution in [0.3, 0.4) is 0 Å². The molecule has 1 aliphatic carbocycles. The predicted molar refractivity (Wildman–Crippen MR) is 104 cm³/mol. The molecule has 1 atom stereocenters. The zero-order valence-electron chi connectivity index (χ0n) is 15.5. The van der Waals surface area contributed by atoms with Crippen LogP contribution < -0.4 is 0 Å². The number of pyridine rings is 1. The van der Waals surface area contributed by atoms with Crippen molar-refractivity contribution in [1.82, 2.24) is 25.0 Å². The molecule has 0 radical (unpaired) electrons. The number of nitrogens with zero attached hydrogens (tertiary/aromatic N) is 5. The number of hydrogen-bond donors (Lipinski definition) is 0. The lowest BCUT2D eigenvalue weighted by atomic mass is 9.74. The molecule has 2 fully saturated rings. The number of carbonyl (C=O) groups is 1. The Labute approximate surface area is 166 Å². The maximum Gasteiger partial charge on any atom is 0.273 e. The van der Waals surface area contributed by atoms with Crippen LogP contribution in [0.15, 0.2) is 39.9 Å². The molecule has 1 saturated heterocycles. The van der Waals surface area contributed by atoms with Crippen LogP contribution in [-0.4, -0.2) is 44.0 Å². The molecule has 3 aromatic heterocycles. The molecule has 0 bridgehead atoms. The van der Waals surface area contributed by atoms with E-state index in [1.165, 1.54) is 24.2 Å². The van der Waals surface area contributed by atoms with E-state index in [1.54, 1.807) is 17.9 Å². The molecule has 1 saturated carbocycles. The van der Waals surface area contributed by atoms with Gasteiger partial charge in [0.05, 0.1) is 16.5 Å². The van der Waals surface area contributed by atoms with Gasteiger partial charge >= 0.3 is 0 Å². The van der Waals surface area contributed by atoms with Gasteiger partial charge in [-0.25, -0.2) is 4.98 Å². The molecule has 8 heteroatoms. The van der Waals surface area contributed by atoms with Gasteiger partial charge in [-0.05, 0) is 37.3 Å². The zero-order valence-corrected chi connectivity index (χ0v) is 16.3. The SMILES string of the molecule is O=C(c1cscn1)N1CCCC(CC2CC2)(c2noc(-c3cccnc3)n2)C1. The van der Waals surface area contributed by atoms with Crippen LogP contribution in [-0.2, 0) is 5.41 Å². The van der Waals surface area contributed by atoms with Crippen molar-refractivity contribution in [3.63, 3.8) is 0 Å². The van der Waals surface area contributed by atoms with Crippen molar-refractivity contribution in [2.45, 2.75) is 37.5 Å². The van der Waals surface area contributed by atoms with Crippen LogP contribution in [0.4, 0.5) is 0 Å². The van der Waals surface area contributed by atoms with Gasteiger partial charge in [-0.3, -0.25) is 9.78 Å². The van der Waals surface area contributed by atoms with Gasteiger partial charge in [-0.1, -0.05) is 18.0 Å². The van der Waals surface area contributed by atoms with E-state index in [4.69, 9.17) is 9.51 Å². The van der Waals surface area contributed by atoms with E-state index in [9.17, 15) is 4.79 Å². The lowest BCUT2D eigenvalue weighted by molar-refractivity contribution is 0.0602. The first-order valence-corrected chi connectivity index (χ1v) is 10.6. The average molecular weight is 395 g/mol. The van der Waals surface area contributed by atoms with E-state index in [0.29, 0.717) is 29.9 Å². The Hall–Kier alpha value is -2.61. The zero-order chi connectivity index (χ0) is 19.0. The highest BCUT2D eigenvalue weighted by Gasteiger charge is 2.46. The van der Waals surface area contributed by atoms with Gasteiger partial charge < -0.3 is 9.42 Å². The molecular weight excluding hydrogens is 374 g/mol. The summed E-state index contributed by atoms with van der Waals surface area (Å²) in [6.07, 6.45) is 8.84. The molecule has 0 N–H and O–H groups in total. The second kappa shape index (κ2) is 7.09. The number of piperidine rings is 1. The summed E-state index contributed by atoms with van der Waals surface area (Å²) in [5.74, 6) is 1.89. The third-order valence-electron chi connectivity index (χ3n) is 5.70. The Kier molecular flexibility index (Phi) is 4.43. The number of hydrogen-bond acceptors (Lipinski definition) is 7. The summed E-state index contributed by atoms with van der Waals surface area (Å²) >= 11 is 1.45. The molecule has 0 aromatic carbocycles. The third kappa shape index (κ3) is 3.32. The molecule has 28 heavy (non-hydrogen) atoms. The third-order valence-corrected chi connectivity index (χ3v) is 6.29. The van der Waals surface area contributed by atoms with Gasteiger partial charge in [-0.15, -0.1) is 11.3 Å². The molecular formula is C20H21N5O2S. The number of likely N-dealkylation sites (tertiary alicyclic amines) is 1. The lowest BCUT2D eigenvalue weighted by Crippen LogP contribution is -2.49. The minimum absolute atomic E-state index is 0.00269. The Balaban J connectivity index is 1.45. The Morgan fingerprint density at radius 3 is 3.07 bits per heavy atom. The summed E-state index contributed by atoms with van der Waals surface area (Å²) in [5, 5.41) is 6.17. The fourth-order valence-corrected chi connectivity index (χ4v) is 4.67. The van der Waals surface area contributed by atoms with Gasteiger partial charge in [0.25, 0.3) is 11.8 Å². The first-order chi connectivity index (χ1) is 13.7. The van der Waals surface area contributed by atoms with Crippen LogP contribution in [0.2, 0.25) is 0 Å². The minimum atomic E-state index is -0.255. The van der Waals surface area contributed by atoms with Gasteiger partial charge in [0.2, 0.25) is 0 Å². The molecule has 0 spiro atoms. The highest BCUT2D eigenvalue weighted by atomic mass is 32.1. The van der Waals surface area contributed by atoms with Crippen LogP contribution in [0, 0.1) is 5.92 Å². The number of carbonyl (C=O) groups excluding carboxylic acids is 1. The number of thiazole rings is 1. The van der Waals surface area contributed by atoms with Crippen molar-refractivity contribution in [1.29, 1.82) is 0 Å². The first kappa shape index (κ1) is 17.5. The van der Waals surface area contributed by atoms with Gasteiger partial charge in [0.1, 0.15) is 5.69 Å². The van der Waals surface area contributed by atoms with E-state index < -0.39 is 0 Å².